The fourth-order valence-electron chi connectivity index (χ4n) is 3.87. The van der Waals surface area contributed by atoms with Gasteiger partial charge < -0.3 is 5.32 Å². The van der Waals surface area contributed by atoms with E-state index in [0.29, 0.717) is 11.5 Å². The minimum atomic E-state index is 0.430. The quantitative estimate of drug-likeness (QED) is 0.744. The molecule has 1 N–H and O–H groups in total. The van der Waals surface area contributed by atoms with Crippen LogP contribution in [-0.2, 0) is 0 Å². The Labute approximate surface area is 107 Å². The Bertz CT molecular complexity index is 229. The normalized spacial score (nSPS) is 32.3. The highest BCUT2D eigenvalue weighted by molar-refractivity contribution is 4.93. The first kappa shape index (κ1) is 13.4. The lowest BCUT2D eigenvalue weighted by atomic mass is 9.78. The molecule has 2 rings (SSSR count). The van der Waals surface area contributed by atoms with Crippen molar-refractivity contribution in [2.45, 2.75) is 70.9 Å². The summed E-state index contributed by atoms with van der Waals surface area (Å²) in [5.41, 5.74) is 0.430. The fourth-order valence-corrected chi connectivity index (χ4v) is 3.87. The summed E-state index contributed by atoms with van der Waals surface area (Å²) in [6.07, 6.45) is 10.1. The number of nitrogens with one attached hydrogen (secondary N) is 1. The second kappa shape index (κ2) is 5.71. The Morgan fingerprint density at radius 2 is 1.65 bits per heavy atom. The molecule has 0 radical (unpaired) electrons. The average molecular weight is 238 g/mol. The summed E-state index contributed by atoms with van der Waals surface area (Å²) in [7, 11) is 2.12. The van der Waals surface area contributed by atoms with E-state index in [2.05, 4.69) is 31.1 Å². The lowest BCUT2D eigenvalue weighted by Crippen LogP contribution is -2.55. The number of rotatable bonds is 2. The molecule has 0 aromatic rings. The SMILES string of the molecule is CNC1CCN(C2CCCCCC2)CC1(C)C. The highest BCUT2D eigenvalue weighted by atomic mass is 15.2. The van der Waals surface area contributed by atoms with Gasteiger partial charge in [0.15, 0.2) is 0 Å². The molecular weight excluding hydrogens is 208 g/mol. The van der Waals surface area contributed by atoms with E-state index in [1.165, 1.54) is 58.0 Å². The second-order valence-corrected chi connectivity index (χ2v) is 6.73. The first-order valence-electron chi connectivity index (χ1n) is 7.55. The van der Waals surface area contributed by atoms with Crippen molar-refractivity contribution in [3.8, 4) is 0 Å². The zero-order valence-corrected chi connectivity index (χ0v) is 12.0. The van der Waals surface area contributed by atoms with Crippen molar-refractivity contribution < 1.29 is 0 Å². The first-order chi connectivity index (χ1) is 8.13. The molecule has 1 saturated heterocycles. The fraction of sp³-hybridized carbons (Fsp3) is 1.00. The predicted molar refractivity (Wildman–Crippen MR) is 74.3 cm³/mol. The Hall–Kier alpha value is -0.0800. The van der Waals surface area contributed by atoms with Crippen molar-refractivity contribution in [1.82, 2.24) is 10.2 Å². The second-order valence-electron chi connectivity index (χ2n) is 6.73. The van der Waals surface area contributed by atoms with Crippen LogP contribution in [0.15, 0.2) is 0 Å². The summed E-state index contributed by atoms with van der Waals surface area (Å²) in [6, 6.07) is 1.58. The van der Waals surface area contributed by atoms with Gasteiger partial charge in [-0.05, 0) is 38.3 Å². The molecule has 0 aromatic heterocycles. The zero-order chi connectivity index (χ0) is 12.3. The summed E-state index contributed by atoms with van der Waals surface area (Å²) in [5.74, 6) is 0. The Balaban J connectivity index is 1.94. The summed E-state index contributed by atoms with van der Waals surface area (Å²) in [5, 5.41) is 3.50. The highest BCUT2D eigenvalue weighted by Crippen LogP contribution is 2.33. The van der Waals surface area contributed by atoms with Gasteiger partial charge in [0.05, 0.1) is 0 Å². The van der Waals surface area contributed by atoms with Gasteiger partial charge in [-0.3, -0.25) is 4.90 Å². The third kappa shape index (κ3) is 3.23. The molecule has 2 aliphatic rings. The molecule has 100 valence electrons. The Morgan fingerprint density at radius 3 is 2.18 bits per heavy atom. The van der Waals surface area contributed by atoms with Crippen LogP contribution in [0.25, 0.3) is 0 Å². The van der Waals surface area contributed by atoms with Crippen molar-refractivity contribution in [2.24, 2.45) is 5.41 Å². The van der Waals surface area contributed by atoms with Gasteiger partial charge in [-0.25, -0.2) is 0 Å². The van der Waals surface area contributed by atoms with Crippen LogP contribution in [0.4, 0.5) is 0 Å². The minimum absolute atomic E-state index is 0.430. The topological polar surface area (TPSA) is 15.3 Å². The third-order valence-electron chi connectivity index (χ3n) is 4.95. The number of likely N-dealkylation sites (tertiary alicyclic amines) is 1. The summed E-state index contributed by atoms with van der Waals surface area (Å²) >= 11 is 0. The highest BCUT2D eigenvalue weighted by Gasteiger charge is 2.37. The van der Waals surface area contributed by atoms with E-state index in [0.717, 1.165) is 6.04 Å². The van der Waals surface area contributed by atoms with Crippen LogP contribution < -0.4 is 5.32 Å². The van der Waals surface area contributed by atoms with Gasteiger partial charge in [0.2, 0.25) is 0 Å². The standard InChI is InChI=1S/C15H30N2/c1-15(2)12-17(11-10-14(15)16-3)13-8-6-4-5-7-9-13/h13-14,16H,4-12H2,1-3H3. The smallest absolute Gasteiger partial charge is 0.0140 e. The number of hydrogen-bond donors (Lipinski definition) is 1. The molecular formula is C15H30N2. The molecule has 2 nitrogen and oxygen atoms in total. The van der Waals surface area contributed by atoms with Gasteiger partial charge >= 0.3 is 0 Å². The van der Waals surface area contributed by atoms with Gasteiger partial charge in [-0.15, -0.1) is 0 Å². The summed E-state index contributed by atoms with van der Waals surface area (Å²) in [4.78, 5) is 2.79. The molecule has 1 atom stereocenters. The van der Waals surface area contributed by atoms with E-state index >= 15 is 0 Å². The van der Waals surface area contributed by atoms with Crippen LogP contribution in [0, 0.1) is 5.41 Å². The summed E-state index contributed by atoms with van der Waals surface area (Å²) in [6.45, 7) is 7.44. The van der Waals surface area contributed by atoms with Gasteiger partial charge in [-0.1, -0.05) is 39.5 Å². The predicted octanol–water partition coefficient (Wildman–Crippen LogP) is 3.03. The van der Waals surface area contributed by atoms with Gasteiger partial charge in [0.25, 0.3) is 0 Å². The molecule has 1 heterocycles. The number of nitrogens with zero attached hydrogens (tertiary/aromatic N) is 1. The van der Waals surface area contributed by atoms with E-state index in [1.54, 1.807) is 0 Å². The maximum Gasteiger partial charge on any atom is 0.0140 e. The lowest BCUT2D eigenvalue weighted by molar-refractivity contribution is 0.0450. The summed E-state index contributed by atoms with van der Waals surface area (Å²) < 4.78 is 0. The number of piperidine rings is 1. The number of hydrogen-bond acceptors (Lipinski definition) is 2. The van der Waals surface area contributed by atoms with Crippen molar-refractivity contribution >= 4 is 0 Å². The molecule has 2 fully saturated rings. The lowest BCUT2D eigenvalue weighted by Gasteiger charge is -2.47. The van der Waals surface area contributed by atoms with Gasteiger partial charge in [0.1, 0.15) is 0 Å². The molecule has 1 aliphatic carbocycles. The first-order valence-corrected chi connectivity index (χ1v) is 7.55. The van der Waals surface area contributed by atoms with E-state index in [4.69, 9.17) is 0 Å². The Kier molecular flexibility index (Phi) is 4.48. The molecule has 0 spiro atoms. The monoisotopic (exact) mass is 238 g/mol. The largest absolute Gasteiger partial charge is 0.316 e. The van der Waals surface area contributed by atoms with E-state index in [9.17, 15) is 0 Å². The molecule has 1 aliphatic heterocycles. The van der Waals surface area contributed by atoms with E-state index in [-0.39, 0.29) is 0 Å². The minimum Gasteiger partial charge on any atom is -0.316 e. The molecule has 1 unspecified atom stereocenters. The molecule has 1 saturated carbocycles. The molecule has 17 heavy (non-hydrogen) atoms. The zero-order valence-electron chi connectivity index (χ0n) is 12.0. The van der Waals surface area contributed by atoms with Crippen LogP contribution in [0.1, 0.15) is 58.8 Å². The van der Waals surface area contributed by atoms with Crippen molar-refractivity contribution in [3.05, 3.63) is 0 Å². The van der Waals surface area contributed by atoms with Crippen molar-refractivity contribution in [1.29, 1.82) is 0 Å². The molecule has 0 aromatic carbocycles. The van der Waals surface area contributed by atoms with Crippen LogP contribution in [-0.4, -0.2) is 37.1 Å². The van der Waals surface area contributed by atoms with Gasteiger partial charge in [-0.2, -0.15) is 0 Å². The van der Waals surface area contributed by atoms with Crippen LogP contribution in [0.5, 0.6) is 0 Å². The molecule has 0 amide bonds. The van der Waals surface area contributed by atoms with Crippen LogP contribution in [0.3, 0.4) is 0 Å². The average Bonchev–Trinajstić information content (AvgIpc) is 2.56. The molecule has 2 heteroatoms. The Morgan fingerprint density at radius 1 is 1.00 bits per heavy atom. The van der Waals surface area contributed by atoms with Crippen LogP contribution >= 0.6 is 0 Å². The maximum atomic E-state index is 3.50. The molecule has 0 bridgehead atoms. The van der Waals surface area contributed by atoms with Crippen molar-refractivity contribution in [2.75, 3.05) is 20.1 Å². The van der Waals surface area contributed by atoms with E-state index in [1.807, 2.05) is 0 Å². The van der Waals surface area contributed by atoms with Crippen LogP contribution in [0.2, 0.25) is 0 Å². The third-order valence-corrected chi connectivity index (χ3v) is 4.95. The van der Waals surface area contributed by atoms with Gasteiger partial charge in [0, 0.05) is 18.6 Å². The van der Waals surface area contributed by atoms with Crippen molar-refractivity contribution in [3.63, 3.8) is 0 Å². The van der Waals surface area contributed by atoms with E-state index < -0.39 is 0 Å². The maximum absolute atomic E-state index is 3.50.